The van der Waals surface area contributed by atoms with Gasteiger partial charge in [-0.2, -0.15) is 13.2 Å². The topological polar surface area (TPSA) is 17.8 Å². The van der Waals surface area contributed by atoms with Crippen LogP contribution in [0.1, 0.15) is 11.1 Å². The minimum Gasteiger partial charge on any atom is -0.327 e. The van der Waals surface area contributed by atoms with E-state index in [9.17, 15) is 13.2 Å². The Kier molecular flexibility index (Phi) is 1.70. The van der Waals surface area contributed by atoms with Crippen LogP contribution in [0.2, 0.25) is 0 Å². The third-order valence-electron chi connectivity index (χ3n) is 2.77. The van der Waals surface area contributed by atoms with E-state index in [2.05, 4.69) is 4.98 Å². The van der Waals surface area contributed by atoms with E-state index in [1.54, 1.807) is 23.0 Å². The molecule has 0 radical (unpaired) electrons. The van der Waals surface area contributed by atoms with Crippen molar-refractivity contribution in [3.8, 4) is 11.4 Å². The Balaban J connectivity index is 2.24. The zero-order chi connectivity index (χ0) is 11.3. The van der Waals surface area contributed by atoms with Crippen LogP contribution in [-0.2, 0) is 12.7 Å². The summed E-state index contributed by atoms with van der Waals surface area (Å²) in [6, 6.07) is 4.22. The zero-order valence-electron chi connectivity index (χ0n) is 8.12. The van der Waals surface area contributed by atoms with Crippen LogP contribution in [0.25, 0.3) is 11.4 Å². The van der Waals surface area contributed by atoms with Crippen molar-refractivity contribution in [2.75, 3.05) is 0 Å². The molecule has 0 atom stereocenters. The fourth-order valence-corrected chi connectivity index (χ4v) is 2.08. The molecule has 1 aliphatic heterocycles. The summed E-state index contributed by atoms with van der Waals surface area (Å²) in [6.07, 6.45) is -1.01. The number of rotatable bonds is 0. The van der Waals surface area contributed by atoms with Gasteiger partial charge >= 0.3 is 6.18 Å². The van der Waals surface area contributed by atoms with Crippen molar-refractivity contribution < 1.29 is 13.2 Å². The second kappa shape index (κ2) is 2.87. The summed E-state index contributed by atoms with van der Waals surface area (Å²) in [5.41, 5.74) is 0.341. The molecule has 1 aliphatic rings. The minimum absolute atomic E-state index is 0.250. The van der Waals surface area contributed by atoms with Gasteiger partial charge in [0.2, 0.25) is 0 Å². The lowest BCUT2D eigenvalue weighted by atomic mass is 10.0. The Morgan fingerprint density at radius 3 is 2.81 bits per heavy atom. The largest absolute Gasteiger partial charge is 0.416 e. The highest BCUT2D eigenvalue weighted by Crippen LogP contribution is 2.39. The first-order chi connectivity index (χ1) is 7.57. The van der Waals surface area contributed by atoms with Crippen LogP contribution in [0, 0.1) is 0 Å². The molecule has 1 aromatic heterocycles. The highest BCUT2D eigenvalue weighted by atomic mass is 19.4. The summed E-state index contributed by atoms with van der Waals surface area (Å²) in [5.74, 6) is 0.612. The molecule has 16 heavy (non-hydrogen) atoms. The van der Waals surface area contributed by atoms with Crippen molar-refractivity contribution in [2.45, 2.75) is 12.7 Å². The number of hydrogen-bond acceptors (Lipinski definition) is 1. The van der Waals surface area contributed by atoms with Crippen LogP contribution in [0.15, 0.2) is 30.6 Å². The first-order valence-corrected chi connectivity index (χ1v) is 4.78. The quantitative estimate of drug-likeness (QED) is 0.574. The molecule has 0 spiro atoms. The van der Waals surface area contributed by atoms with Crippen LogP contribution in [0.5, 0.6) is 0 Å². The highest BCUT2D eigenvalue weighted by molar-refractivity contribution is 5.67. The summed E-state index contributed by atoms with van der Waals surface area (Å²) < 4.78 is 40.0. The van der Waals surface area contributed by atoms with Crippen LogP contribution in [-0.4, -0.2) is 9.55 Å². The van der Waals surface area contributed by atoms with Gasteiger partial charge in [-0.05, 0) is 11.6 Å². The number of benzene rings is 1. The molecule has 1 aromatic carbocycles. The van der Waals surface area contributed by atoms with Crippen LogP contribution in [0.4, 0.5) is 13.2 Å². The van der Waals surface area contributed by atoms with Crippen molar-refractivity contribution in [2.24, 2.45) is 0 Å². The van der Waals surface area contributed by atoms with Gasteiger partial charge in [0.1, 0.15) is 5.82 Å². The molecule has 82 valence electrons. The average Bonchev–Trinajstić information content (AvgIpc) is 2.74. The number of aromatic nitrogens is 2. The lowest BCUT2D eigenvalue weighted by molar-refractivity contribution is -0.138. The van der Waals surface area contributed by atoms with Crippen molar-refractivity contribution in [3.05, 3.63) is 41.7 Å². The van der Waals surface area contributed by atoms with Crippen LogP contribution in [0.3, 0.4) is 0 Å². The zero-order valence-corrected chi connectivity index (χ0v) is 8.12. The average molecular weight is 224 g/mol. The highest BCUT2D eigenvalue weighted by Gasteiger charge is 2.36. The number of hydrogen-bond donors (Lipinski definition) is 0. The molecule has 0 aliphatic carbocycles. The molecule has 0 saturated heterocycles. The van der Waals surface area contributed by atoms with Gasteiger partial charge < -0.3 is 4.57 Å². The first-order valence-electron chi connectivity index (χ1n) is 4.78. The van der Waals surface area contributed by atoms with Gasteiger partial charge in [-0.25, -0.2) is 4.98 Å². The van der Waals surface area contributed by atoms with E-state index in [1.807, 2.05) is 0 Å². The predicted octanol–water partition coefficient (Wildman–Crippen LogP) is 2.93. The molecule has 3 rings (SSSR count). The Bertz CT molecular complexity index is 555. The fourth-order valence-electron chi connectivity index (χ4n) is 2.08. The minimum atomic E-state index is -4.30. The van der Waals surface area contributed by atoms with E-state index in [4.69, 9.17) is 0 Å². The molecular formula is C11H7F3N2. The Labute approximate surface area is 89.3 Å². The molecule has 2 aromatic rings. The lowest BCUT2D eigenvalue weighted by Crippen LogP contribution is -2.09. The van der Waals surface area contributed by atoms with Crippen molar-refractivity contribution >= 4 is 0 Å². The standard InChI is InChI=1S/C11H7F3N2/c12-11(13,14)9-3-1-2-7-8(9)6-16-5-4-15-10(7)16/h1-5H,6H2. The molecule has 0 amide bonds. The summed E-state index contributed by atoms with van der Waals surface area (Å²) in [4.78, 5) is 4.06. The van der Waals surface area contributed by atoms with Crippen molar-refractivity contribution in [1.29, 1.82) is 0 Å². The first kappa shape index (κ1) is 9.45. The monoisotopic (exact) mass is 224 g/mol. The van der Waals surface area contributed by atoms with E-state index in [0.29, 0.717) is 17.0 Å². The predicted molar refractivity (Wildman–Crippen MR) is 51.8 cm³/mol. The number of imidazole rings is 1. The maximum absolute atomic E-state index is 12.7. The number of alkyl halides is 3. The Morgan fingerprint density at radius 2 is 2.06 bits per heavy atom. The fraction of sp³-hybridized carbons (Fsp3) is 0.182. The Hall–Kier alpha value is -1.78. The number of halogens is 3. The summed E-state index contributed by atoms with van der Waals surface area (Å²) in [5, 5.41) is 0. The third-order valence-corrected chi connectivity index (χ3v) is 2.77. The number of fused-ring (bicyclic) bond motifs is 3. The van der Waals surface area contributed by atoms with Gasteiger partial charge in [0.15, 0.2) is 0 Å². The van der Waals surface area contributed by atoms with Gasteiger partial charge in [-0.1, -0.05) is 12.1 Å². The molecule has 2 heterocycles. The number of nitrogens with zero attached hydrogens (tertiary/aromatic N) is 2. The normalized spacial score (nSPS) is 13.7. The van der Waals surface area contributed by atoms with Gasteiger partial charge in [-0.3, -0.25) is 0 Å². The third kappa shape index (κ3) is 1.17. The Morgan fingerprint density at radius 1 is 1.25 bits per heavy atom. The summed E-state index contributed by atoms with van der Waals surface area (Å²) in [6.45, 7) is 0.250. The lowest BCUT2D eigenvalue weighted by Gasteiger charge is -2.10. The summed E-state index contributed by atoms with van der Waals surface area (Å²) >= 11 is 0. The van der Waals surface area contributed by atoms with Crippen LogP contribution < -0.4 is 0 Å². The van der Waals surface area contributed by atoms with E-state index >= 15 is 0 Å². The molecule has 0 fully saturated rings. The van der Waals surface area contributed by atoms with Crippen LogP contribution >= 0.6 is 0 Å². The van der Waals surface area contributed by atoms with E-state index < -0.39 is 11.7 Å². The second-order valence-electron chi connectivity index (χ2n) is 3.71. The molecule has 2 nitrogen and oxygen atoms in total. The molecule has 0 unspecified atom stereocenters. The molecule has 0 bridgehead atoms. The molecule has 0 N–H and O–H groups in total. The maximum Gasteiger partial charge on any atom is 0.416 e. The van der Waals surface area contributed by atoms with Gasteiger partial charge in [0.05, 0.1) is 12.1 Å². The van der Waals surface area contributed by atoms with Crippen molar-refractivity contribution in [3.63, 3.8) is 0 Å². The maximum atomic E-state index is 12.7. The molecule has 0 saturated carbocycles. The molecular weight excluding hydrogens is 217 g/mol. The molecule has 5 heteroatoms. The van der Waals surface area contributed by atoms with Crippen molar-refractivity contribution in [1.82, 2.24) is 9.55 Å². The van der Waals surface area contributed by atoms with E-state index in [0.717, 1.165) is 6.07 Å². The van der Waals surface area contributed by atoms with E-state index in [1.165, 1.54) is 6.07 Å². The smallest absolute Gasteiger partial charge is 0.327 e. The van der Waals surface area contributed by atoms with Gasteiger partial charge in [0, 0.05) is 18.0 Å². The SMILES string of the molecule is FC(F)(F)c1cccc2c1Cn1ccnc1-2. The second-order valence-corrected chi connectivity index (χ2v) is 3.71. The van der Waals surface area contributed by atoms with E-state index in [-0.39, 0.29) is 6.54 Å². The van der Waals surface area contributed by atoms with Gasteiger partial charge in [-0.15, -0.1) is 0 Å². The van der Waals surface area contributed by atoms with Gasteiger partial charge in [0.25, 0.3) is 0 Å². The summed E-state index contributed by atoms with van der Waals surface area (Å²) in [7, 11) is 0.